The van der Waals surface area contributed by atoms with Gasteiger partial charge in [0.05, 0.1) is 5.56 Å². The summed E-state index contributed by atoms with van der Waals surface area (Å²) in [4.78, 5) is 6.85. The molecule has 2 heterocycles. The van der Waals surface area contributed by atoms with Crippen LogP contribution < -0.4 is 4.90 Å². The molecular formula is C14H19N3. The van der Waals surface area contributed by atoms with Gasteiger partial charge in [-0.3, -0.25) is 0 Å². The van der Waals surface area contributed by atoms with Gasteiger partial charge in [-0.05, 0) is 44.7 Å². The zero-order chi connectivity index (χ0) is 12.4. The second-order valence-corrected chi connectivity index (χ2v) is 4.99. The first-order valence-corrected chi connectivity index (χ1v) is 6.28. The lowest BCUT2D eigenvalue weighted by Gasteiger charge is -2.39. The van der Waals surface area contributed by atoms with Gasteiger partial charge >= 0.3 is 0 Å². The molecule has 1 saturated heterocycles. The lowest BCUT2D eigenvalue weighted by atomic mass is 9.92. The van der Waals surface area contributed by atoms with Gasteiger partial charge in [-0.2, -0.15) is 5.26 Å². The maximum absolute atomic E-state index is 9.18. The molecule has 3 nitrogen and oxygen atoms in total. The van der Waals surface area contributed by atoms with E-state index in [-0.39, 0.29) is 0 Å². The molecule has 2 unspecified atom stereocenters. The van der Waals surface area contributed by atoms with Crippen LogP contribution >= 0.6 is 0 Å². The van der Waals surface area contributed by atoms with Gasteiger partial charge in [0.15, 0.2) is 0 Å². The summed E-state index contributed by atoms with van der Waals surface area (Å²) in [6.07, 6.45) is 2.46. The molecule has 1 aromatic rings. The Balaban J connectivity index is 2.39. The lowest BCUT2D eigenvalue weighted by Crippen LogP contribution is -2.43. The molecular weight excluding hydrogens is 210 g/mol. The molecule has 2 rings (SSSR count). The van der Waals surface area contributed by atoms with Crippen LogP contribution in [0.25, 0.3) is 0 Å². The Morgan fingerprint density at radius 2 is 2.18 bits per heavy atom. The minimum Gasteiger partial charge on any atom is -0.353 e. The van der Waals surface area contributed by atoms with E-state index in [0.717, 1.165) is 18.1 Å². The molecule has 0 saturated carbocycles. The molecule has 1 aliphatic rings. The normalized spacial score (nSPS) is 24.5. The van der Waals surface area contributed by atoms with Crippen LogP contribution in [0.1, 0.15) is 37.9 Å². The van der Waals surface area contributed by atoms with Crippen molar-refractivity contribution in [2.24, 2.45) is 5.92 Å². The predicted octanol–water partition coefficient (Wildman–Crippen LogP) is 2.89. The van der Waals surface area contributed by atoms with E-state index in [2.05, 4.69) is 29.8 Å². The largest absolute Gasteiger partial charge is 0.353 e. The van der Waals surface area contributed by atoms with Crippen molar-refractivity contribution in [3.63, 3.8) is 0 Å². The van der Waals surface area contributed by atoms with Crippen molar-refractivity contribution >= 4 is 5.82 Å². The van der Waals surface area contributed by atoms with Crippen LogP contribution in [0, 0.1) is 24.2 Å². The van der Waals surface area contributed by atoms with E-state index in [0.29, 0.717) is 17.5 Å². The van der Waals surface area contributed by atoms with Crippen LogP contribution in [0.15, 0.2) is 12.1 Å². The quantitative estimate of drug-likeness (QED) is 0.743. The Kier molecular flexibility index (Phi) is 3.33. The van der Waals surface area contributed by atoms with Gasteiger partial charge in [0.2, 0.25) is 0 Å². The van der Waals surface area contributed by atoms with Gasteiger partial charge in [0.25, 0.3) is 0 Å². The van der Waals surface area contributed by atoms with Gasteiger partial charge in [-0.25, -0.2) is 4.98 Å². The Morgan fingerprint density at radius 1 is 1.41 bits per heavy atom. The van der Waals surface area contributed by atoms with Crippen molar-refractivity contribution in [2.75, 3.05) is 11.4 Å². The Labute approximate surface area is 103 Å². The van der Waals surface area contributed by atoms with E-state index in [1.165, 1.54) is 12.8 Å². The predicted molar refractivity (Wildman–Crippen MR) is 68.9 cm³/mol. The highest BCUT2D eigenvalue weighted by Crippen LogP contribution is 2.29. The van der Waals surface area contributed by atoms with Crippen LogP contribution in [0.5, 0.6) is 0 Å². The third-order valence-electron chi connectivity index (χ3n) is 3.78. The SMILES string of the molecule is Cc1ccc(C#N)c(N2CCCC(C)C2C)n1. The average Bonchev–Trinajstić information content (AvgIpc) is 2.33. The van der Waals surface area contributed by atoms with E-state index in [1.807, 2.05) is 19.1 Å². The van der Waals surface area contributed by atoms with Gasteiger partial charge < -0.3 is 4.90 Å². The zero-order valence-corrected chi connectivity index (χ0v) is 10.8. The molecule has 0 aromatic carbocycles. The molecule has 0 amide bonds. The fourth-order valence-corrected chi connectivity index (χ4v) is 2.48. The molecule has 1 aromatic heterocycles. The van der Waals surface area contributed by atoms with Gasteiger partial charge in [-0.1, -0.05) is 6.92 Å². The summed E-state index contributed by atoms with van der Waals surface area (Å²) in [5.74, 6) is 1.53. The highest BCUT2D eigenvalue weighted by molar-refractivity contribution is 5.55. The Hall–Kier alpha value is -1.56. The number of hydrogen-bond acceptors (Lipinski definition) is 3. The number of hydrogen-bond donors (Lipinski definition) is 0. The molecule has 0 radical (unpaired) electrons. The third kappa shape index (κ3) is 2.26. The van der Waals surface area contributed by atoms with Gasteiger partial charge in [0, 0.05) is 18.3 Å². The number of pyridine rings is 1. The van der Waals surface area contributed by atoms with E-state index in [4.69, 9.17) is 0 Å². The monoisotopic (exact) mass is 229 g/mol. The van der Waals surface area contributed by atoms with Crippen molar-refractivity contribution in [1.82, 2.24) is 4.98 Å². The van der Waals surface area contributed by atoms with Crippen molar-refractivity contribution in [2.45, 2.75) is 39.7 Å². The van der Waals surface area contributed by atoms with Crippen molar-refractivity contribution in [1.29, 1.82) is 5.26 Å². The second kappa shape index (κ2) is 4.75. The first-order chi connectivity index (χ1) is 8.13. The topological polar surface area (TPSA) is 39.9 Å². The highest BCUT2D eigenvalue weighted by Gasteiger charge is 2.27. The average molecular weight is 229 g/mol. The van der Waals surface area contributed by atoms with Crippen LogP contribution in [0.4, 0.5) is 5.82 Å². The number of aromatic nitrogens is 1. The maximum Gasteiger partial charge on any atom is 0.147 e. The van der Waals surface area contributed by atoms with E-state index in [9.17, 15) is 5.26 Å². The van der Waals surface area contributed by atoms with Gasteiger partial charge in [-0.15, -0.1) is 0 Å². The molecule has 0 spiro atoms. The first-order valence-electron chi connectivity index (χ1n) is 6.28. The summed E-state index contributed by atoms with van der Waals surface area (Å²) in [5.41, 5.74) is 1.67. The fourth-order valence-electron chi connectivity index (χ4n) is 2.48. The Bertz CT molecular complexity index is 447. The molecule has 0 aliphatic carbocycles. The van der Waals surface area contributed by atoms with Crippen LogP contribution in [0.2, 0.25) is 0 Å². The first kappa shape index (κ1) is 11.9. The van der Waals surface area contributed by atoms with Crippen molar-refractivity contribution in [3.8, 4) is 6.07 Å². The molecule has 1 aliphatic heterocycles. The van der Waals surface area contributed by atoms with E-state index < -0.39 is 0 Å². The van der Waals surface area contributed by atoms with E-state index in [1.54, 1.807) is 0 Å². The summed E-state index contributed by atoms with van der Waals surface area (Å²) in [6, 6.07) is 6.50. The summed E-state index contributed by atoms with van der Waals surface area (Å²) in [6.45, 7) is 7.49. The number of rotatable bonds is 1. The summed E-state index contributed by atoms with van der Waals surface area (Å²) in [5, 5.41) is 9.18. The molecule has 0 bridgehead atoms. The Morgan fingerprint density at radius 3 is 2.88 bits per heavy atom. The van der Waals surface area contributed by atoms with E-state index >= 15 is 0 Å². The summed E-state index contributed by atoms with van der Waals surface area (Å²) in [7, 11) is 0. The molecule has 17 heavy (non-hydrogen) atoms. The van der Waals surface area contributed by atoms with Gasteiger partial charge in [0.1, 0.15) is 11.9 Å². The number of aryl methyl sites for hydroxylation is 1. The van der Waals surface area contributed by atoms with Crippen molar-refractivity contribution in [3.05, 3.63) is 23.4 Å². The standard InChI is InChI=1S/C14H19N3/c1-10-5-4-8-17(12(10)3)14-13(9-15)7-6-11(2)16-14/h6-7,10,12H,4-5,8H2,1-3H3. The minimum atomic E-state index is 0.463. The lowest BCUT2D eigenvalue weighted by molar-refractivity contribution is 0.361. The number of nitrogens with zero attached hydrogens (tertiary/aromatic N) is 3. The third-order valence-corrected chi connectivity index (χ3v) is 3.78. The highest BCUT2D eigenvalue weighted by atomic mass is 15.2. The van der Waals surface area contributed by atoms with Crippen molar-refractivity contribution < 1.29 is 0 Å². The molecule has 2 atom stereocenters. The minimum absolute atomic E-state index is 0.463. The molecule has 3 heteroatoms. The number of anilines is 1. The summed E-state index contributed by atoms with van der Waals surface area (Å²) < 4.78 is 0. The van der Waals surface area contributed by atoms with Crippen LogP contribution in [-0.2, 0) is 0 Å². The molecule has 1 fully saturated rings. The number of piperidine rings is 1. The fraction of sp³-hybridized carbons (Fsp3) is 0.571. The van der Waals surface area contributed by atoms with Crippen LogP contribution in [0.3, 0.4) is 0 Å². The second-order valence-electron chi connectivity index (χ2n) is 4.99. The maximum atomic E-state index is 9.18. The summed E-state index contributed by atoms with van der Waals surface area (Å²) >= 11 is 0. The molecule has 90 valence electrons. The zero-order valence-electron chi connectivity index (χ0n) is 10.8. The number of nitriles is 1. The van der Waals surface area contributed by atoms with Crippen LogP contribution in [-0.4, -0.2) is 17.6 Å². The smallest absolute Gasteiger partial charge is 0.147 e. The molecule has 0 N–H and O–H groups in total.